The van der Waals surface area contributed by atoms with Crippen LogP contribution in [-0.2, 0) is 21.4 Å². The number of carboxylic acids is 1. The van der Waals surface area contributed by atoms with Crippen LogP contribution in [0.1, 0.15) is 25.5 Å². The summed E-state index contributed by atoms with van der Waals surface area (Å²) in [4.78, 5) is 14.4. The van der Waals surface area contributed by atoms with Crippen molar-refractivity contribution in [3.63, 3.8) is 0 Å². The molecule has 0 saturated carbocycles. The van der Waals surface area contributed by atoms with Gasteiger partial charge in [0.2, 0.25) is 0 Å². The average molecular weight is 293 g/mol. The molecule has 102 valence electrons. The minimum atomic E-state index is -3.55. The van der Waals surface area contributed by atoms with Crippen molar-refractivity contribution in [1.29, 1.82) is 0 Å². The first-order valence-electron chi connectivity index (χ1n) is 5.36. The summed E-state index contributed by atoms with van der Waals surface area (Å²) in [6.45, 7) is 1.98. The van der Waals surface area contributed by atoms with Gasteiger partial charge in [0.1, 0.15) is 0 Å². The quantitative estimate of drug-likeness (QED) is 0.657. The molecule has 0 aliphatic carbocycles. The molecular weight excluding hydrogens is 278 g/mol. The van der Waals surface area contributed by atoms with Gasteiger partial charge in [0, 0.05) is 18.3 Å². The van der Waals surface area contributed by atoms with Gasteiger partial charge in [-0.3, -0.25) is 4.79 Å². The van der Waals surface area contributed by atoms with E-state index in [9.17, 15) is 13.2 Å². The second kappa shape index (κ2) is 6.66. The van der Waals surface area contributed by atoms with Crippen LogP contribution in [0.4, 0.5) is 5.13 Å². The van der Waals surface area contributed by atoms with Gasteiger partial charge in [-0.1, -0.05) is 6.92 Å². The van der Waals surface area contributed by atoms with E-state index in [2.05, 4.69) is 14.4 Å². The Morgan fingerprint density at radius 1 is 1.56 bits per heavy atom. The molecule has 7 nitrogen and oxygen atoms in total. The predicted octanol–water partition coefficient (Wildman–Crippen LogP) is 0.817. The second-order valence-electron chi connectivity index (χ2n) is 3.49. The smallest absolute Gasteiger partial charge is 0.303 e. The van der Waals surface area contributed by atoms with Gasteiger partial charge in [-0.2, -0.15) is 13.1 Å². The number of aryl methyl sites for hydroxylation is 1. The fourth-order valence-corrected chi connectivity index (χ4v) is 3.07. The lowest BCUT2D eigenvalue weighted by atomic mass is 10.2. The Labute approximate surface area is 109 Å². The number of anilines is 1. The van der Waals surface area contributed by atoms with Crippen LogP contribution in [0.15, 0.2) is 5.38 Å². The fourth-order valence-electron chi connectivity index (χ4n) is 1.23. The number of hydrogen-bond acceptors (Lipinski definition) is 5. The number of rotatable bonds is 8. The fraction of sp³-hybridized carbons (Fsp3) is 0.556. The standard InChI is InChI=1S/C9H15N3O4S2/c1-2-10-18(15,16)12-9-11-7(6-17-9)4-3-5-8(13)14/h6,10H,2-5H2,1H3,(H,11,12)(H,13,14). The molecule has 1 rings (SSSR count). The Bertz CT molecular complexity index is 498. The molecule has 0 saturated heterocycles. The normalized spacial score (nSPS) is 11.4. The summed E-state index contributed by atoms with van der Waals surface area (Å²) in [5.74, 6) is -0.849. The molecule has 0 atom stereocenters. The van der Waals surface area contributed by atoms with Gasteiger partial charge < -0.3 is 5.11 Å². The number of nitrogens with zero attached hydrogens (tertiary/aromatic N) is 1. The highest BCUT2D eigenvalue weighted by molar-refractivity contribution is 7.91. The summed E-state index contributed by atoms with van der Waals surface area (Å²) in [5.41, 5.74) is 0.690. The lowest BCUT2D eigenvalue weighted by Gasteiger charge is -2.03. The van der Waals surface area contributed by atoms with Gasteiger partial charge in [-0.25, -0.2) is 9.71 Å². The molecule has 0 unspecified atom stereocenters. The number of carboxylic acid groups (broad SMARTS) is 1. The number of thiazole rings is 1. The van der Waals surface area contributed by atoms with E-state index in [4.69, 9.17) is 5.11 Å². The second-order valence-corrected chi connectivity index (χ2v) is 5.85. The maximum Gasteiger partial charge on any atom is 0.303 e. The minimum Gasteiger partial charge on any atom is -0.481 e. The molecule has 0 aromatic carbocycles. The van der Waals surface area contributed by atoms with Gasteiger partial charge in [0.25, 0.3) is 0 Å². The highest BCUT2D eigenvalue weighted by Crippen LogP contribution is 2.17. The van der Waals surface area contributed by atoms with Crippen molar-refractivity contribution in [1.82, 2.24) is 9.71 Å². The first kappa shape index (κ1) is 14.9. The summed E-state index contributed by atoms with van der Waals surface area (Å²) in [5, 5.41) is 10.5. The van der Waals surface area contributed by atoms with Crippen LogP contribution < -0.4 is 9.44 Å². The Balaban J connectivity index is 2.50. The molecule has 0 spiro atoms. The van der Waals surface area contributed by atoms with E-state index in [1.54, 1.807) is 12.3 Å². The number of aliphatic carboxylic acids is 1. The SMILES string of the molecule is CCNS(=O)(=O)Nc1nc(CCCC(=O)O)cs1. The molecule has 1 aromatic heterocycles. The largest absolute Gasteiger partial charge is 0.481 e. The molecule has 9 heteroatoms. The van der Waals surface area contributed by atoms with Gasteiger partial charge in [-0.15, -0.1) is 11.3 Å². The molecule has 0 bridgehead atoms. The lowest BCUT2D eigenvalue weighted by molar-refractivity contribution is -0.137. The molecular formula is C9H15N3O4S2. The molecule has 0 amide bonds. The van der Waals surface area contributed by atoms with E-state index in [0.717, 1.165) is 0 Å². The molecule has 0 radical (unpaired) electrons. The van der Waals surface area contributed by atoms with Crippen molar-refractivity contribution in [3.8, 4) is 0 Å². The zero-order valence-corrected chi connectivity index (χ0v) is 11.5. The van der Waals surface area contributed by atoms with Crippen molar-refractivity contribution in [2.75, 3.05) is 11.3 Å². The summed E-state index contributed by atoms with van der Waals surface area (Å²) < 4.78 is 27.3. The predicted molar refractivity (Wildman–Crippen MR) is 68.9 cm³/mol. The van der Waals surface area contributed by atoms with Crippen LogP contribution in [-0.4, -0.2) is 31.0 Å². The summed E-state index contributed by atoms with van der Waals surface area (Å²) in [6.07, 6.45) is 1.08. The molecule has 0 aliphatic heterocycles. The van der Waals surface area contributed by atoms with Crippen LogP contribution in [0.3, 0.4) is 0 Å². The van der Waals surface area contributed by atoms with Gasteiger partial charge in [0.05, 0.1) is 5.69 Å². The number of aromatic nitrogens is 1. The van der Waals surface area contributed by atoms with E-state index in [1.807, 2.05) is 0 Å². The van der Waals surface area contributed by atoms with Crippen LogP contribution in [0, 0.1) is 0 Å². The van der Waals surface area contributed by atoms with Crippen molar-refractivity contribution in [3.05, 3.63) is 11.1 Å². The lowest BCUT2D eigenvalue weighted by Crippen LogP contribution is -2.29. The molecule has 0 fully saturated rings. The molecule has 1 aromatic rings. The average Bonchev–Trinajstić information content (AvgIpc) is 2.64. The van der Waals surface area contributed by atoms with Crippen LogP contribution in [0.5, 0.6) is 0 Å². The van der Waals surface area contributed by atoms with E-state index in [-0.39, 0.29) is 11.6 Å². The Morgan fingerprint density at radius 2 is 2.28 bits per heavy atom. The van der Waals surface area contributed by atoms with Crippen molar-refractivity contribution in [2.45, 2.75) is 26.2 Å². The van der Waals surface area contributed by atoms with Gasteiger partial charge in [0.15, 0.2) is 5.13 Å². The molecule has 1 heterocycles. The van der Waals surface area contributed by atoms with Crippen LogP contribution in [0.25, 0.3) is 0 Å². The third-order valence-corrected chi connectivity index (χ3v) is 4.00. The monoisotopic (exact) mass is 293 g/mol. The van der Waals surface area contributed by atoms with E-state index in [1.165, 1.54) is 11.3 Å². The Morgan fingerprint density at radius 3 is 2.89 bits per heavy atom. The number of nitrogens with one attached hydrogen (secondary N) is 2. The summed E-state index contributed by atoms with van der Waals surface area (Å²) in [7, 11) is -3.55. The van der Waals surface area contributed by atoms with Crippen molar-refractivity contribution >= 4 is 32.6 Å². The Hall–Kier alpha value is -1.19. The highest BCUT2D eigenvalue weighted by atomic mass is 32.2. The Kier molecular flexibility index (Phi) is 5.51. The van der Waals surface area contributed by atoms with Crippen LogP contribution in [0.2, 0.25) is 0 Å². The molecule has 0 aliphatic rings. The first-order chi connectivity index (χ1) is 8.43. The highest BCUT2D eigenvalue weighted by Gasteiger charge is 2.11. The topological polar surface area (TPSA) is 108 Å². The van der Waals surface area contributed by atoms with E-state index in [0.29, 0.717) is 25.1 Å². The summed E-state index contributed by atoms with van der Waals surface area (Å²) >= 11 is 1.17. The van der Waals surface area contributed by atoms with Crippen molar-refractivity contribution < 1.29 is 18.3 Å². The third-order valence-electron chi connectivity index (χ3n) is 1.93. The maximum absolute atomic E-state index is 11.4. The number of hydrogen-bond donors (Lipinski definition) is 3. The molecule has 18 heavy (non-hydrogen) atoms. The van der Waals surface area contributed by atoms with E-state index >= 15 is 0 Å². The van der Waals surface area contributed by atoms with Crippen LogP contribution >= 0.6 is 11.3 Å². The van der Waals surface area contributed by atoms with E-state index < -0.39 is 16.2 Å². The first-order valence-corrected chi connectivity index (χ1v) is 7.73. The summed E-state index contributed by atoms with van der Waals surface area (Å²) in [6, 6.07) is 0. The van der Waals surface area contributed by atoms with Crippen molar-refractivity contribution in [2.24, 2.45) is 0 Å². The zero-order chi connectivity index (χ0) is 13.6. The zero-order valence-electron chi connectivity index (χ0n) is 9.84. The number of carbonyl (C=O) groups is 1. The van der Waals surface area contributed by atoms with Gasteiger partial charge >= 0.3 is 16.2 Å². The third kappa shape index (κ3) is 5.43. The molecule has 3 N–H and O–H groups in total. The van der Waals surface area contributed by atoms with Gasteiger partial charge in [-0.05, 0) is 12.8 Å². The maximum atomic E-state index is 11.4. The minimum absolute atomic E-state index is 0.0793.